The molecule has 9 heteroatoms. The Morgan fingerprint density at radius 3 is 2.29 bits per heavy atom. The Morgan fingerprint density at radius 2 is 1.79 bits per heavy atom. The second-order valence-corrected chi connectivity index (χ2v) is 6.48. The van der Waals surface area contributed by atoms with Crippen molar-refractivity contribution in [3.8, 4) is 0 Å². The van der Waals surface area contributed by atoms with Crippen LogP contribution in [-0.4, -0.2) is 52.8 Å². The number of azo groups is 1. The molecule has 0 aliphatic carbocycles. The van der Waals surface area contributed by atoms with Gasteiger partial charge in [-0.05, 0) is 31.9 Å². The van der Waals surface area contributed by atoms with E-state index in [4.69, 9.17) is 0 Å². The van der Waals surface area contributed by atoms with Gasteiger partial charge in [0.25, 0.3) is 17.7 Å². The van der Waals surface area contributed by atoms with Crippen molar-refractivity contribution in [3.63, 3.8) is 0 Å². The number of benzene rings is 1. The second kappa shape index (κ2) is 9.61. The number of imide groups is 1. The number of hydrogen-bond acceptors (Lipinski definition) is 6. The predicted molar refractivity (Wildman–Crippen MR) is 99.9 cm³/mol. The average molecular weight is 428 g/mol. The summed E-state index contributed by atoms with van der Waals surface area (Å²) in [6.07, 6.45) is 1.32. The molecule has 28 heavy (non-hydrogen) atoms. The fourth-order valence-corrected chi connectivity index (χ4v) is 2.94. The minimum absolute atomic E-state index is 0. The maximum Gasteiger partial charge on any atom is 2.00 e. The maximum absolute atomic E-state index is 12.9. The van der Waals surface area contributed by atoms with Crippen LogP contribution in [0.3, 0.4) is 0 Å². The van der Waals surface area contributed by atoms with Crippen LogP contribution in [0.25, 0.3) is 0 Å². The summed E-state index contributed by atoms with van der Waals surface area (Å²) in [6.45, 7) is 5.17. The normalized spacial score (nSPS) is 14.3. The third kappa shape index (κ3) is 4.31. The first-order valence-corrected chi connectivity index (χ1v) is 8.78. The molecule has 0 saturated heterocycles. The van der Waals surface area contributed by atoms with Crippen molar-refractivity contribution in [1.29, 1.82) is 0 Å². The van der Waals surface area contributed by atoms with Gasteiger partial charge in [0.05, 0.1) is 16.8 Å². The number of aliphatic hydroxyl groups excluding tert-OH is 1. The molecule has 0 bridgehead atoms. The fraction of sp³-hybridized carbons (Fsp3) is 0.421. The predicted octanol–water partition coefficient (Wildman–Crippen LogP) is 3.43. The number of carbonyl (C=O) groups is 3. The summed E-state index contributed by atoms with van der Waals surface area (Å²) in [7, 11) is 3.05. The number of fused-ring (bicyclic) bond motifs is 1. The summed E-state index contributed by atoms with van der Waals surface area (Å²) in [5.74, 6) is -1.57. The van der Waals surface area contributed by atoms with E-state index in [1.165, 1.54) is 30.8 Å². The molecule has 0 saturated carbocycles. The standard InChI is InChI=1S/C19H24N4O4.Fe/c1-6-12(7-2)23-17(25)13-9-8-10-14(15(13)18(23)26)20-21-16(11(3)24)19(27)22(4)5;/h8-10,12,24H,6-7H2,1-5H3;/q;+2. The second-order valence-electron chi connectivity index (χ2n) is 6.48. The molecular formula is C19H24FeN4O4+2. The van der Waals surface area contributed by atoms with Gasteiger partial charge in [0.2, 0.25) is 0 Å². The number of amides is 3. The molecule has 0 atom stereocenters. The van der Waals surface area contributed by atoms with Crippen LogP contribution in [0.15, 0.2) is 39.9 Å². The molecule has 0 radical (unpaired) electrons. The topological polar surface area (TPSA) is 103 Å². The molecule has 2 rings (SSSR count). The van der Waals surface area contributed by atoms with Crippen molar-refractivity contribution in [2.75, 3.05) is 14.1 Å². The van der Waals surface area contributed by atoms with E-state index in [0.717, 1.165) is 0 Å². The zero-order valence-corrected chi connectivity index (χ0v) is 17.6. The Hall–Kier alpha value is -2.51. The monoisotopic (exact) mass is 428 g/mol. The molecule has 0 aromatic heterocycles. The van der Waals surface area contributed by atoms with Crippen molar-refractivity contribution in [2.24, 2.45) is 10.2 Å². The Balaban J connectivity index is 0.00000392. The van der Waals surface area contributed by atoms with Gasteiger partial charge >= 0.3 is 17.1 Å². The van der Waals surface area contributed by atoms with E-state index in [1.54, 1.807) is 18.2 Å². The van der Waals surface area contributed by atoms with Crippen LogP contribution in [0.5, 0.6) is 0 Å². The Labute approximate surface area is 174 Å². The van der Waals surface area contributed by atoms with Crippen molar-refractivity contribution >= 4 is 23.4 Å². The quantitative estimate of drug-likeness (QED) is 0.247. The first-order chi connectivity index (χ1) is 12.7. The number of rotatable bonds is 6. The summed E-state index contributed by atoms with van der Waals surface area (Å²) in [4.78, 5) is 40.2. The van der Waals surface area contributed by atoms with Gasteiger partial charge in [-0.25, -0.2) is 0 Å². The summed E-state index contributed by atoms with van der Waals surface area (Å²) >= 11 is 0. The number of hydrogen-bond donors (Lipinski definition) is 1. The van der Waals surface area contributed by atoms with E-state index in [2.05, 4.69) is 10.2 Å². The Morgan fingerprint density at radius 1 is 1.18 bits per heavy atom. The molecule has 3 amide bonds. The Kier molecular flexibility index (Phi) is 8.08. The smallest absolute Gasteiger partial charge is 0.510 e. The van der Waals surface area contributed by atoms with Gasteiger partial charge in [-0.15, -0.1) is 10.2 Å². The van der Waals surface area contributed by atoms with E-state index in [-0.39, 0.29) is 57.3 Å². The van der Waals surface area contributed by atoms with Crippen LogP contribution in [-0.2, 0) is 21.9 Å². The van der Waals surface area contributed by atoms with Crippen LogP contribution in [0.1, 0.15) is 54.3 Å². The minimum Gasteiger partial charge on any atom is -0.510 e. The van der Waals surface area contributed by atoms with Gasteiger partial charge in [-0.1, -0.05) is 19.9 Å². The zero-order chi connectivity index (χ0) is 20.3. The molecule has 0 unspecified atom stereocenters. The SMILES string of the molecule is CCC(CC)N1C(=O)c2cccc(N=NC(C(=O)N(C)C)=C(C)O)c2C1=O.[Fe+2]. The summed E-state index contributed by atoms with van der Waals surface area (Å²) < 4.78 is 0. The molecule has 150 valence electrons. The summed E-state index contributed by atoms with van der Waals surface area (Å²) in [5, 5.41) is 17.6. The van der Waals surface area contributed by atoms with Gasteiger partial charge in [0.15, 0.2) is 5.70 Å². The van der Waals surface area contributed by atoms with Gasteiger partial charge < -0.3 is 10.0 Å². The van der Waals surface area contributed by atoms with E-state index in [1.807, 2.05) is 13.8 Å². The molecule has 1 aromatic carbocycles. The van der Waals surface area contributed by atoms with E-state index in [0.29, 0.717) is 12.8 Å². The third-order valence-corrected chi connectivity index (χ3v) is 4.44. The minimum atomic E-state index is -0.521. The first-order valence-electron chi connectivity index (χ1n) is 8.78. The van der Waals surface area contributed by atoms with Crippen LogP contribution < -0.4 is 0 Å². The fourth-order valence-electron chi connectivity index (χ4n) is 2.94. The third-order valence-electron chi connectivity index (χ3n) is 4.44. The van der Waals surface area contributed by atoms with Crippen LogP contribution in [0.2, 0.25) is 0 Å². The van der Waals surface area contributed by atoms with Gasteiger partial charge in [0.1, 0.15) is 5.76 Å². The van der Waals surface area contributed by atoms with Crippen LogP contribution in [0.4, 0.5) is 5.69 Å². The molecule has 1 aromatic rings. The number of aliphatic hydroxyl groups is 1. The van der Waals surface area contributed by atoms with Gasteiger partial charge in [-0.3, -0.25) is 19.3 Å². The van der Waals surface area contributed by atoms with Crippen molar-refractivity contribution in [2.45, 2.75) is 39.7 Å². The maximum atomic E-state index is 12.9. The number of carbonyl (C=O) groups excluding carboxylic acids is 3. The summed E-state index contributed by atoms with van der Waals surface area (Å²) in [6, 6.07) is 4.55. The molecule has 1 aliphatic heterocycles. The molecule has 0 fully saturated rings. The largest absolute Gasteiger partial charge is 2.00 e. The van der Waals surface area contributed by atoms with Crippen molar-refractivity contribution in [3.05, 3.63) is 40.8 Å². The number of allylic oxidation sites excluding steroid dienone is 1. The molecule has 0 spiro atoms. The number of likely N-dealkylation sites (N-methyl/N-ethyl adjacent to an activating group) is 1. The average Bonchev–Trinajstić information content (AvgIpc) is 2.88. The van der Waals surface area contributed by atoms with Gasteiger partial charge in [0, 0.05) is 20.1 Å². The van der Waals surface area contributed by atoms with E-state index in [9.17, 15) is 19.5 Å². The molecular weight excluding hydrogens is 404 g/mol. The zero-order valence-electron chi connectivity index (χ0n) is 16.5. The molecule has 1 N–H and O–H groups in total. The van der Waals surface area contributed by atoms with Gasteiger partial charge in [-0.2, -0.15) is 0 Å². The molecule has 1 heterocycles. The van der Waals surface area contributed by atoms with E-state index < -0.39 is 11.8 Å². The molecule has 1 aliphatic rings. The van der Waals surface area contributed by atoms with Crippen LogP contribution in [0, 0.1) is 0 Å². The molecule has 8 nitrogen and oxygen atoms in total. The summed E-state index contributed by atoms with van der Waals surface area (Å²) in [5.41, 5.74) is 0.398. The number of nitrogens with zero attached hydrogens (tertiary/aromatic N) is 4. The van der Waals surface area contributed by atoms with Crippen molar-refractivity contribution < 1.29 is 36.6 Å². The Bertz CT molecular complexity index is 840. The van der Waals surface area contributed by atoms with Crippen LogP contribution >= 0.6 is 0 Å². The van der Waals surface area contributed by atoms with E-state index >= 15 is 0 Å². The van der Waals surface area contributed by atoms with Crippen molar-refractivity contribution in [1.82, 2.24) is 9.80 Å². The first kappa shape index (κ1) is 23.5.